The van der Waals surface area contributed by atoms with Gasteiger partial charge >= 0.3 is 0 Å². The van der Waals surface area contributed by atoms with Gasteiger partial charge in [-0.15, -0.1) is 0 Å². The molecule has 2 rings (SSSR count). The summed E-state index contributed by atoms with van der Waals surface area (Å²) < 4.78 is 13.8. The lowest BCUT2D eigenvalue weighted by atomic mass is 9.83. The van der Waals surface area contributed by atoms with E-state index >= 15 is 0 Å². The molecule has 0 radical (unpaired) electrons. The van der Waals surface area contributed by atoms with Crippen LogP contribution in [0.3, 0.4) is 0 Å². The Labute approximate surface area is 102 Å². The van der Waals surface area contributed by atoms with Gasteiger partial charge in [-0.1, -0.05) is 26.2 Å². The second-order valence-corrected chi connectivity index (χ2v) is 5.22. The maximum atomic E-state index is 13.8. The van der Waals surface area contributed by atoms with E-state index in [0.29, 0.717) is 5.56 Å². The third-order valence-corrected chi connectivity index (χ3v) is 4.12. The SMILES string of the molecule is CCC1CCCC(N)(c2ccncc2F)CC1. The van der Waals surface area contributed by atoms with Crippen LogP contribution in [-0.2, 0) is 5.54 Å². The Morgan fingerprint density at radius 3 is 3.00 bits per heavy atom. The van der Waals surface area contributed by atoms with Crippen LogP contribution in [0.15, 0.2) is 18.5 Å². The van der Waals surface area contributed by atoms with E-state index in [2.05, 4.69) is 11.9 Å². The fourth-order valence-corrected chi connectivity index (χ4v) is 2.89. The Morgan fingerprint density at radius 1 is 1.47 bits per heavy atom. The normalized spacial score (nSPS) is 29.9. The molecule has 2 atom stereocenters. The van der Waals surface area contributed by atoms with Crippen molar-refractivity contribution in [2.45, 2.75) is 51.0 Å². The molecule has 17 heavy (non-hydrogen) atoms. The van der Waals surface area contributed by atoms with Gasteiger partial charge in [-0.05, 0) is 31.2 Å². The Kier molecular flexibility index (Phi) is 3.77. The van der Waals surface area contributed by atoms with Gasteiger partial charge in [-0.25, -0.2) is 4.39 Å². The first-order valence-corrected chi connectivity index (χ1v) is 6.54. The first kappa shape index (κ1) is 12.5. The lowest BCUT2D eigenvalue weighted by Crippen LogP contribution is -2.37. The van der Waals surface area contributed by atoms with Crippen molar-refractivity contribution >= 4 is 0 Å². The number of hydrogen-bond acceptors (Lipinski definition) is 2. The van der Waals surface area contributed by atoms with Crippen LogP contribution in [0.1, 0.15) is 51.0 Å². The third-order valence-electron chi connectivity index (χ3n) is 4.12. The Morgan fingerprint density at radius 2 is 2.29 bits per heavy atom. The molecule has 1 aliphatic carbocycles. The minimum atomic E-state index is -0.489. The predicted molar refractivity (Wildman–Crippen MR) is 66.9 cm³/mol. The molecular formula is C14H21FN2. The molecule has 1 heterocycles. The van der Waals surface area contributed by atoms with Crippen LogP contribution in [0.4, 0.5) is 4.39 Å². The van der Waals surface area contributed by atoms with Crippen molar-refractivity contribution in [3.63, 3.8) is 0 Å². The lowest BCUT2D eigenvalue weighted by molar-refractivity contribution is 0.357. The molecule has 0 spiro atoms. The van der Waals surface area contributed by atoms with Crippen LogP contribution in [0.2, 0.25) is 0 Å². The molecule has 1 fully saturated rings. The van der Waals surface area contributed by atoms with Crippen LogP contribution >= 0.6 is 0 Å². The highest BCUT2D eigenvalue weighted by Crippen LogP contribution is 2.37. The molecule has 1 aromatic heterocycles. The second kappa shape index (κ2) is 5.13. The van der Waals surface area contributed by atoms with Crippen molar-refractivity contribution in [3.8, 4) is 0 Å². The van der Waals surface area contributed by atoms with E-state index in [4.69, 9.17) is 5.73 Å². The molecule has 2 unspecified atom stereocenters. The Balaban J connectivity index is 2.21. The summed E-state index contributed by atoms with van der Waals surface area (Å²) in [6.45, 7) is 2.22. The number of hydrogen-bond donors (Lipinski definition) is 1. The third kappa shape index (κ3) is 2.65. The molecule has 2 N–H and O–H groups in total. The quantitative estimate of drug-likeness (QED) is 0.800. The lowest BCUT2D eigenvalue weighted by Gasteiger charge is -2.29. The van der Waals surface area contributed by atoms with E-state index in [9.17, 15) is 4.39 Å². The smallest absolute Gasteiger partial charge is 0.146 e. The summed E-state index contributed by atoms with van der Waals surface area (Å²) in [5.41, 5.74) is 6.58. The number of nitrogens with zero attached hydrogens (tertiary/aromatic N) is 1. The molecule has 3 heteroatoms. The first-order chi connectivity index (χ1) is 8.15. The number of rotatable bonds is 2. The summed E-state index contributed by atoms with van der Waals surface area (Å²) in [5.74, 6) is 0.496. The van der Waals surface area contributed by atoms with Gasteiger partial charge in [0.05, 0.1) is 6.20 Å². The molecule has 0 aliphatic heterocycles. The summed E-state index contributed by atoms with van der Waals surface area (Å²) in [6, 6.07) is 1.74. The van der Waals surface area contributed by atoms with E-state index in [0.717, 1.165) is 31.6 Å². The number of pyridine rings is 1. The minimum absolute atomic E-state index is 0.259. The molecule has 1 aromatic rings. The summed E-state index contributed by atoms with van der Waals surface area (Å²) in [5, 5.41) is 0. The molecule has 1 aliphatic rings. The minimum Gasteiger partial charge on any atom is -0.321 e. The van der Waals surface area contributed by atoms with Crippen LogP contribution in [-0.4, -0.2) is 4.98 Å². The van der Waals surface area contributed by atoms with Crippen molar-refractivity contribution in [1.29, 1.82) is 0 Å². The Hall–Kier alpha value is -0.960. The highest BCUT2D eigenvalue weighted by Gasteiger charge is 2.32. The van der Waals surface area contributed by atoms with Gasteiger partial charge in [0.2, 0.25) is 0 Å². The zero-order valence-corrected chi connectivity index (χ0v) is 10.5. The van der Waals surface area contributed by atoms with Crippen LogP contribution < -0.4 is 5.73 Å². The van der Waals surface area contributed by atoms with E-state index in [1.54, 1.807) is 12.3 Å². The molecule has 1 saturated carbocycles. The largest absolute Gasteiger partial charge is 0.321 e. The average Bonchev–Trinajstić information content (AvgIpc) is 2.52. The van der Waals surface area contributed by atoms with Gasteiger partial charge in [0.1, 0.15) is 5.82 Å². The maximum absolute atomic E-state index is 13.8. The van der Waals surface area contributed by atoms with Crippen molar-refractivity contribution in [2.24, 2.45) is 11.7 Å². The summed E-state index contributed by atoms with van der Waals surface area (Å²) in [4.78, 5) is 3.79. The number of aromatic nitrogens is 1. The topological polar surface area (TPSA) is 38.9 Å². The van der Waals surface area contributed by atoms with Gasteiger partial charge in [0.15, 0.2) is 0 Å². The molecule has 0 saturated heterocycles. The van der Waals surface area contributed by atoms with Gasteiger partial charge in [0.25, 0.3) is 0 Å². The molecule has 2 nitrogen and oxygen atoms in total. The molecule has 0 aromatic carbocycles. The number of halogens is 1. The Bertz CT molecular complexity index is 380. The van der Waals surface area contributed by atoms with Gasteiger partial charge in [0, 0.05) is 17.3 Å². The average molecular weight is 236 g/mol. The summed E-state index contributed by atoms with van der Waals surface area (Å²) in [7, 11) is 0. The fraction of sp³-hybridized carbons (Fsp3) is 0.643. The summed E-state index contributed by atoms with van der Waals surface area (Å²) in [6.07, 6.45) is 9.29. The highest BCUT2D eigenvalue weighted by atomic mass is 19.1. The second-order valence-electron chi connectivity index (χ2n) is 5.22. The van der Waals surface area contributed by atoms with Gasteiger partial charge in [-0.2, -0.15) is 0 Å². The van der Waals surface area contributed by atoms with Crippen LogP contribution in [0.5, 0.6) is 0 Å². The van der Waals surface area contributed by atoms with Gasteiger partial charge in [-0.3, -0.25) is 4.98 Å². The highest BCUT2D eigenvalue weighted by molar-refractivity contribution is 5.23. The first-order valence-electron chi connectivity index (χ1n) is 6.54. The van der Waals surface area contributed by atoms with Crippen molar-refractivity contribution in [1.82, 2.24) is 4.98 Å². The van der Waals surface area contributed by atoms with E-state index in [1.807, 2.05) is 0 Å². The molecule has 0 bridgehead atoms. The number of nitrogens with two attached hydrogens (primary N) is 1. The van der Waals surface area contributed by atoms with E-state index in [1.165, 1.54) is 19.0 Å². The fourth-order valence-electron chi connectivity index (χ4n) is 2.89. The zero-order valence-electron chi connectivity index (χ0n) is 10.5. The van der Waals surface area contributed by atoms with Crippen molar-refractivity contribution < 1.29 is 4.39 Å². The maximum Gasteiger partial charge on any atom is 0.146 e. The van der Waals surface area contributed by atoms with E-state index in [-0.39, 0.29) is 5.82 Å². The van der Waals surface area contributed by atoms with Crippen LogP contribution in [0.25, 0.3) is 0 Å². The predicted octanol–water partition coefficient (Wildman–Crippen LogP) is 3.37. The summed E-state index contributed by atoms with van der Waals surface area (Å²) >= 11 is 0. The monoisotopic (exact) mass is 236 g/mol. The van der Waals surface area contributed by atoms with Crippen molar-refractivity contribution in [3.05, 3.63) is 29.8 Å². The van der Waals surface area contributed by atoms with Crippen molar-refractivity contribution in [2.75, 3.05) is 0 Å². The molecule has 94 valence electrons. The molecule has 0 amide bonds. The van der Waals surface area contributed by atoms with Gasteiger partial charge < -0.3 is 5.73 Å². The van der Waals surface area contributed by atoms with E-state index < -0.39 is 5.54 Å². The van der Waals surface area contributed by atoms with Crippen LogP contribution in [0, 0.1) is 11.7 Å². The zero-order chi connectivity index (χ0) is 12.3. The standard InChI is InChI=1S/C14H21FN2/c1-2-11-4-3-7-14(16,8-5-11)12-6-9-17-10-13(12)15/h6,9-11H,2-5,7-8,16H2,1H3. The molecular weight excluding hydrogens is 215 g/mol.